The maximum absolute atomic E-state index is 13.7. The van der Waals surface area contributed by atoms with Gasteiger partial charge in [-0.15, -0.1) is 0 Å². The molecule has 0 aliphatic carbocycles. The lowest BCUT2D eigenvalue weighted by molar-refractivity contribution is -0.384. The Kier molecular flexibility index (Phi) is 4.81. The summed E-state index contributed by atoms with van der Waals surface area (Å²) >= 11 is 0. The second kappa shape index (κ2) is 6.78. The van der Waals surface area contributed by atoms with Crippen LogP contribution in [-0.4, -0.2) is 4.92 Å². The maximum Gasteiger partial charge on any atom is 0.269 e. The predicted octanol–water partition coefficient (Wildman–Crippen LogP) is 3.46. The van der Waals surface area contributed by atoms with E-state index >= 15 is 0 Å². The molecule has 0 saturated carbocycles. The number of hydrogen-bond donors (Lipinski definition) is 1. The van der Waals surface area contributed by atoms with E-state index in [1.165, 1.54) is 30.3 Å². The smallest absolute Gasteiger partial charge is 0.269 e. The number of benzene rings is 2. The summed E-state index contributed by atoms with van der Waals surface area (Å²) in [5, 5.41) is 22.7. The minimum Gasteiger partial charge on any atom is -0.306 e. The predicted molar refractivity (Wildman–Crippen MR) is 79.5 cm³/mol. The van der Waals surface area contributed by atoms with Crippen molar-refractivity contribution in [3.05, 3.63) is 75.1 Å². The summed E-state index contributed by atoms with van der Waals surface area (Å²) in [6, 6.07) is 12.2. The molecule has 2 rings (SSSR count). The number of nitro benzene ring substituents is 1. The zero-order chi connectivity index (χ0) is 16.1. The molecule has 2 aromatic rings. The van der Waals surface area contributed by atoms with Crippen LogP contribution in [0.2, 0.25) is 0 Å². The molecule has 112 valence electrons. The van der Waals surface area contributed by atoms with E-state index in [2.05, 4.69) is 5.32 Å². The summed E-state index contributed by atoms with van der Waals surface area (Å²) in [7, 11) is 0. The van der Waals surface area contributed by atoms with Gasteiger partial charge in [0, 0.05) is 30.3 Å². The van der Waals surface area contributed by atoms with Gasteiger partial charge in [0.25, 0.3) is 5.69 Å². The van der Waals surface area contributed by atoms with Crippen molar-refractivity contribution in [1.82, 2.24) is 5.32 Å². The monoisotopic (exact) mass is 299 g/mol. The topological polar surface area (TPSA) is 79.0 Å². The standard InChI is InChI=1S/C16H14FN3O2/c1-11(13-3-2-4-15(8-13)20(21)22)19-10-14-7-12(9-18)5-6-16(14)17/h2-8,11,19H,10H2,1H3/t11-/m1/s1. The van der Waals surface area contributed by atoms with Crippen molar-refractivity contribution in [2.45, 2.75) is 19.5 Å². The molecule has 1 atom stereocenters. The molecule has 0 fully saturated rings. The molecule has 5 nitrogen and oxygen atoms in total. The fourth-order valence-corrected chi connectivity index (χ4v) is 2.07. The highest BCUT2D eigenvalue weighted by Gasteiger charge is 2.11. The van der Waals surface area contributed by atoms with Gasteiger partial charge in [-0.1, -0.05) is 12.1 Å². The molecular weight excluding hydrogens is 285 g/mol. The second-order valence-electron chi connectivity index (χ2n) is 4.87. The van der Waals surface area contributed by atoms with Gasteiger partial charge < -0.3 is 5.32 Å². The maximum atomic E-state index is 13.7. The van der Waals surface area contributed by atoms with Crippen LogP contribution in [0, 0.1) is 27.3 Å². The molecule has 0 unspecified atom stereocenters. The Hall–Kier alpha value is -2.78. The van der Waals surface area contributed by atoms with Crippen LogP contribution in [0.15, 0.2) is 42.5 Å². The summed E-state index contributed by atoms with van der Waals surface area (Å²) in [5.41, 5.74) is 1.53. The van der Waals surface area contributed by atoms with Crippen molar-refractivity contribution in [2.24, 2.45) is 0 Å². The summed E-state index contributed by atoms with van der Waals surface area (Å²) in [5.74, 6) is -0.391. The molecule has 2 aromatic carbocycles. The minimum atomic E-state index is -0.452. The van der Waals surface area contributed by atoms with E-state index in [-0.39, 0.29) is 18.3 Å². The molecule has 0 aliphatic heterocycles. The molecule has 0 aromatic heterocycles. The number of nitro groups is 1. The Balaban J connectivity index is 2.10. The number of nitrogens with zero attached hydrogens (tertiary/aromatic N) is 2. The molecule has 0 spiro atoms. The first-order valence-corrected chi connectivity index (χ1v) is 6.67. The lowest BCUT2D eigenvalue weighted by Crippen LogP contribution is -2.19. The molecule has 22 heavy (non-hydrogen) atoms. The van der Waals surface area contributed by atoms with E-state index in [0.717, 1.165) is 5.56 Å². The van der Waals surface area contributed by atoms with Crippen molar-refractivity contribution in [2.75, 3.05) is 0 Å². The largest absolute Gasteiger partial charge is 0.306 e. The quantitative estimate of drug-likeness (QED) is 0.677. The van der Waals surface area contributed by atoms with E-state index < -0.39 is 10.7 Å². The van der Waals surface area contributed by atoms with Gasteiger partial charge in [0.2, 0.25) is 0 Å². The van der Waals surface area contributed by atoms with Gasteiger partial charge in [0.05, 0.1) is 16.6 Å². The zero-order valence-corrected chi connectivity index (χ0v) is 11.9. The molecule has 0 heterocycles. The molecule has 1 N–H and O–H groups in total. The van der Waals surface area contributed by atoms with Crippen LogP contribution >= 0.6 is 0 Å². The van der Waals surface area contributed by atoms with Crippen LogP contribution in [-0.2, 0) is 6.54 Å². The molecule has 0 saturated heterocycles. The van der Waals surface area contributed by atoms with Crippen molar-refractivity contribution in [1.29, 1.82) is 5.26 Å². The van der Waals surface area contributed by atoms with Crippen molar-refractivity contribution < 1.29 is 9.31 Å². The second-order valence-corrected chi connectivity index (χ2v) is 4.87. The van der Waals surface area contributed by atoms with E-state index in [1.54, 1.807) is 12.1 Å². The van der Waals surface area contributed by atoms with Crippen LogP contribution in [0.1, 0.15) is 29.7 Å². The Labute approximate surface area is 127 Å². The number of nitrogens with one attached hydrogen (secondary N) is 1. The van der Waals surface area contributed by atoms with E-state index in [4.69, 9.17) is 5.26 Å². The fourth-order valence-electron chi connectivity index (χ4n) is 2.07. The Morgan fingerprint density at radius 2 is 2.14 bits per heavy atom. The Bertz CT molecular complexity index is 740. The van der Waals surface area contributed by atoms with Crippen molar-refractivity contribution in [3.8, 4) is 6.07 Å². The highest BCUT2D eigenvalue weighted by Crippen LogP contribution is 2.20. The summed E-state index contributed by atoms with van der Waals surface area (Å²) in [4.78, 5) is 10.3. The molecule has 0 aliphatic rings. The van der Waals surface area contributed by atoms with E-state index in [1.807, 2.05) is 13.0 Å². The first-order chi connectivity index (χ1) is 10.5. The minimum absolute atomic E-state index is 0.0174. The molecule has 6 heteroatoms. The third-order valence-electron chi connectivity index (χ3n) is 3.35. The average Bonchev–Trinajstić information content (AvgIpc) is 2.53. The third-order valence-corrected chi connectivity index (χ3v) is 3.35. The normalized spacial score (nSPS) is 11.7. The van der Waals surface area contributed by atoms with Crippen molar-refractivity contribution >= 4 is 5.69 Å². The molecular formula is C16H14FN3O2. The molecule has 0 amide bonds. The average molecular weight is 299 g/mol. The lowest BCUT2D eigenvalue weighted by atomic mass is 10.1. The number of hydrogen-bond acceptors (Lipinski definition) is 4. The van der Waals surface area contributed by atoms with E-state index in [9.17, 15) is 14.5 Å². The van der Waals surface area contributed by atoms with Gasteiger partial charge in [-0.05, 0) is 30.7 Å². The number of rotatable bonds is 5. The van der Waals surface area contributed by atoms with Gasteiger partial charge >= 0.3 is 0 Å². The van der Waals surface area contributed by atoms with Gasteiger partial charge in [0.1, 0.15) is 5.82 Å². The summed E-state index contributed by atoms with van der Waals surface area (Å²) in [6.45, 7) is 2.07. The van der Waals surface area contributed by atoms with Crippen molar-refractivity contribution in [3.63, 3.8) is 0 Å². The first-order valence-electron chi connectivity index (χ1n) is 6.67. The van der Waals surface area contributed by atoms with Crippen LogP contribution in [0.4, 0.5) is 10.1 Å². The van der Waals surface area contributed by atoms with Gasteiger partial charge in [0.15, 0.2) is 0 Å². The highest BCUT2D eigenvalue weighted by atomic mass is 19.1. The summed E-state index contributed by atoms with van der Waals surface area (Å²) in [6.07, 6.45) is 0. The SMILES string of the molecule is C[C@@H](NCc1cc(C#N)ccc1F)c1cccc([N+](=O)[O-])c1. The van der Waals surface area contributed by atoms with Crippen LogP contribution in [0.25, 0.3) is 0 Å². The molecule has 0 bridgehead atoms. The number of nitriles is 1. The fraction of sp³-hybridized carbons (Fsp3) is 0.188. The van der Waals surface area contributed by atoms with Crippen LogP contribution in [0.5, 0.6) is 0 Å². The Morgan fingerprint density at radius 3 is 2.82 bits per heavy atom. The van der Waals surface area contributed by atoms with Gasteiger partial charge in [-0.2, -0.15) is 5.26 Å². The van der Waals surface area contributed by atoms with Gasteiger partial charge in [-0.3, -0.25) is 10.1 Å². The highest BCUT2D eigenvalue weighted by molar-refractivity contribution is 5.36. The number of non-ortho nitro benzene ring substituents is 1. The van der Waals surface area contributed by atoms with E-state index in [0.29, 0.717) is 11.1 Å². The summed E-state index contributed by atoms with van der Waals surface area (Å²) < 4.78 is 13.7. The third kappa shape index (κ3) is 3.65. The Morgan fingerprint density at radius 1 is 1.36 bits per heavy atom. The van der Waals surface area contributed by atoms with Crippen LogP contribution < -0.4 is 5.32 Å². The molecule has 0 radical (unpaired) electrons. The van der Waals surface area contributed by atoms with Gasteiger partial charge in [-0.25, -0.2) is 4.39 Å². The zero-order valence-electron chi connectivity index (χ0n) is 11.9. The lowest BCUT2D eigenvalue weighted by Gasteiger charge is -2.14. The number of halogens is 1. The van der Waals surface area contributed by atoms with Crippen LogP contribution in [0.3, 0.4) is 0 Å². The first kappa shape index (κ1) is 15.6.